The van der Waals surface area contributed by atoms with Gasteiger partial charge in [-0.05, 0) is 37.1 Å². The van der Waals surface area contributed by atoms with Gasteiger partial charge in [-0.25, -0.2) is 13.2 Å². The summed E-state index contributed by atoms with van der Waals surface area (Å²) in [6, 6.07) is 10.9. The minimum absolute atomic E-state index is 0.0139. The van der Waals surface area contributed by atoms with Gasteiger partial charge >= 0.3 is 5.97 Å². The number of esters is 1. The summed E-state index contributed by atoms with van der Waals surface area (Å²) in [6.45, 7) is 0.926. The lowest BCUT2D eigenvalue weighted by Crippen LogP contribution is -2.32. The molecule has 0 spiro atoms. The van der Waals surface area contributed by atoms with Gasteiger partial charge < -0.3 is 4.74 Å². The van der Waals surface area contributed by atoms with Gasteiger partial charge in [0.1, 0.15) is 5.75 Å². The summed E-state index contributed by atoms with van der Waals surface area (Å²) >= 11 is 0. The van der Waals surface area contributed by atoms with Gasteiger partial charge in [-0.2, -0.15) is 4.31 Å². The van der Waals surface area contributed by atoms with Gasteiger partial charge in [0.05, 0.1) is 21.4 Å². The zero-order valence-corrected chi connectivity index (χ0v) is 15.9. The maximum absolute atomic E-state index is 12.9. The SMILES string of the molecule is O=C(Oc1cccc([N+](=O)[O-])c1)c1cccc(S(=O)(=O)N2CCCCCC2)c1. The molecule has 9 heteroatoms. The molecular formula is C19H20N2O6S. The minimum Gasteiger partial charge on any atom is -0.423 e. The Morgan fingerprint density at radius 3 is 2.36 bits per heavy atom. The van der Waals surface area contributed by atoms with E-state index in [1.54, 1.807) is 0 Å². The summed E-state index contributed by atoms with van der Waals surface area (Å²) in [5.41, 5.74) is -0.148. The number of nitro benzene ring substituents is 1. The smallest absolute Gasteiger partial charge is 0.343 e. The molecule has 1 aliphatic heterocycles. The van der Waals surface area contributed by atoms with Gasteiger partial charge in [-0.1, -0.05) is 25.0 Å². The number of hydrogen-bond acceptors (Lipinski definition) is 6. The summed E-state index contributed by atoms with van der Waals surface area (Å²) in [5.74, 6) is -0.770. The number of benzene rings is 2. The van der Waals surface area contributed by atoms with E-state index in [4.69, 9.17) is 4.74 Å². The van der Waals surface area contributed by atoms with Crippen LogP contribution in [0.5, 0.6) is 5.75 Å². The van der Waals surface area contributed by atoms with E-state index >= 15 is 0 Å². The van der Waals surface area contributed by atoms with Crippen LogP contribution in [0.3, 0.4) is 0 Å². The molecule has 148 valence electrons. The molecule has 0 radical (unpaired) electrons. The van der Waals surface area contributed by atoms with Crippen molar-refractivity contribution >= 4 is 21.7 Å². The Kier molecular flexibility index (Phi) is 6.05. The molecule has 3 rings (SSSR count). The van der Waals surface area contributed by atoms with Crippen LogP contribution in [0.2, 0.25) is 0 Å². The molecule has 1 fully saturated rings. The fourth-order valence-electron chi connectivity index (χ4n) is 3.04. The topological polar surface area (TPSA) is 107 Å². The number of rotatable bonds is 5. The van der Waals surface area contributed by atoms with Crippen molar-refractivity contribution in [2.24, 2.45) is 0 Å². The van der Waals surface area contributed by atoms with Gasteiger partial charge in [0, 0.05) is 19.2 Å². The third kappa shape index (κ3) is 4.55. The molecule has 2 aromatic rings. The van der Waals surface area contributed by atoms with Crippen molar-refractivity contribution in [2.75, 3.05) is 13.1 Å². The Labute approximate surface area is 162 Å². The van der Waals surface area contributed by atoms with Crippen LogP contribution >= 0.6 is 0 Å². The molecule has 2 aromatic carbocycles. The van der Waals surface area contributed by atoms with E-state index in [1.165, 1.54) is 46.8 Å². The van der Waals surface area contributed by atoms with E-state index < -0.39 is 20.9 Å². The monoisotopic (exact) mass is 404 g/mol. The van der Waals surface area contributed by atoms with Gasteiger partial charge in [-0.15, -0.1) is 0 Å². The number of nitrogens with zero attached hydrogens (tertiary/aromatic N) is 2. The Hall–Kier alpha value is -2.78. The number of carbonyl (C=O) groups excluding carboxylic acids is 1. The van der Waals surface area contributed by atoms with E-state index in [0.29, 0.717) is 13.1 Å². The summed E-state index contributed by atoms with van der Waals surface area (Å²) in [5, 5.41) is 10.8. The van der Waals surface area contributed by atoms with Gasteiger partial charge in [0.25, 0.3) is 5.69 Å². The van der Waals surface area contributed by atoms with Crippen molar-refractivity contribution < 1.29 is 22.9 Å². The van der Waals surface area contributed by atoms with Crippen molar-refractivity contribution in [3.05, 3.63) is 64.2 Å². The van der Waals surface area contributed by atoms with E-state index in [-0.39, 0.29) is 21.9 Å². The van der Waals surface area contributed by atoms with Crippen LogP contribution in [0.1, 0.15) is 36.0 Å². The number of ether oxygens (including phenoxy) is 1. The van der Waals surface area contributed by atoms with Crippen molar-refractivity contribution in [1.82, 2.24) is 4.31 Å². The normalized spacial score (nSPS) is 15.6. The number of sulfonamides is 1. The molecule has 0 amide bonds. The minimum atomic E-state index is -3.70. The fraction of sp³-hybridized carbons (Fsp3) is 0.316. The molecule has 1 heterocycles. The van der Waals surface area contributed by atoms with Crippen LogP contribution in [-0.2, 0) is 10.0 Å². The lowest BCUT2D eigenvalue weighted by atomic mass is 10.2. The highest BCUT2D eigenvalue weighted by atomic mass is 32.2. The predicted molar refractivity (Wildman–Crippen MR) is 102 cm³/mol. The largest absolute Gasteiger partial charge is 0.423 e. The van der Waals surface area contributed by atoms with Crippen LogP contribution in [0.25, 0.3) is 0 Å². The highest BCUT2D eigenvalue weighted by molar-refractivity contribution is 7.89. The van der Waals surface area contributed by atoms with Gasteiger partial charge in [-0.3, -0.25) is 10.1 Å². The molecular weight excluding hydrogens is 384 g/mol. The first-order valence-electron chi connectivity index (χ1n) is 8.95. The molecule has 0 N–H and O–H groups in total. The maximum Gasteiger partial charge on any atom is 0.343 e. The van der Waals surface area contributed by atoms with Crippen LogP contribution in [0.4, 0.5) is 5.69 Å². The van der Waals surface area contributed by atoms with Crippen LogP contribution < -0.4 is 4.74 Å². The molecule has 0 bridgehead atoms. The Morgan fingerprint density at radius 2 is 1.68 bits per heavy atom. The zero-order chi connectivity index (χ0) is 20.1. The van der Waals surface area contributed by atoms with Gasteiger partial charge in [0.2, 0.25) is 10.0 Å². The number of non-ortho nitro benzene ring substituents is 1. The van der Waals surface area contributed by atoms with Crippen molar-refractivity contribution in [3.8, 4) is 5.75 Å². The summed E-state index contributed by atoms with van der Waals surface area (Å²) in [7, 11) is -3.70. The lowest BCUT2D eigenvalue weighted by Gasteiger charge is -2.20. The second-order valence-corrected chi connectivity index (χ2v) is 8.43. The lowest BCUT2D eigenvalue weighted by molar-refractivity contribution is -0.384. The first kappa shape index (κ1) is 20.0. The average Bonchev–Trinajstić information content (AvgIpc) is 2.98. The summed E-state index contributed by atoms with van der Waals surface area (Å²) < 4.78 is 32.4. The Morgan fingerprint density at radius 1 is 1.00 bits per heavy atom. The molecule has 1 aliphatic rings. The summed E-state index contributed by atoms with van der Waals surface area (Å²) in [6.07, 6.45) is 3.63. The maximum atomic E-state index is 12.9. The molecule has 28 heavy (non-hydrogen) atoms. The third-order valence-corrected chi connectivity index (χ3v) is 6.41. The highest BCUT2D eigenvalue weighted by Gasteiger charge is 2.26. The molecule has 0 atom stereocenters. The highest BCUT2D eigenvalue weighted by Crippen LogP contribution is 2.23. The van der Waals surface area contributed by atoms with Crippen LogP contribution in [-0.4, -0.2) is 36.7 Å². The molecule has 0 unspecified atom stereocenters. The second-order valence-electron chi connectivity index (χ2n) is 6.49. The summed E-state index contributed by atoms with van der Waals surface area (Å²) in [4.78, 5) is 22.7. The van der Waals surface area contributed by atoms with Crippen LogP contribution in [0, 0.1) is 10.1 Å². The molecule has 0 aliphatic carbocycles. The fourth-order valence-corrected chi connectivity index (χ4v) is 4.60. The van der Waals surface area contributed by atoms with Crippen molar-refractivity contribution in [1.29, 1.82) is 0 Å². The van der Waals surface area contributed by atoms with E-state index in [0.717, 1.165) is 31.7 Å². The number of nitro groups is 1. The van der Waals surface area contributed by atoms with Crippen LogP contribution in [0.15, 0.2) is 53.4 Å². The van der Waals surface area contributed by atoms with Gasteiger partial charge in [0.15, 0.2) is 0 Å². The first-order valence-corrected chi connectivity index (χ1v) is 10.4. The molecule has 8 nitrogen and oxygen atoms in total. The third-order valence-electron chi connectivity index (χ3n) is 4.51. The van der Waals surface area contributed by atoms with E-state index in [9.17, 15) is 23.3 Å². The van der Waals surface area contributed by atoms with Crippen molar-refractivity contribution in [2.45, 2.75) is 30.6 Å². The first-order chi connectivity index (χ1) is 13.4. The van der Waals surface area contributed by atoms with E-state index in [2.05, 4.69) is 0 Å². The second kappa shape index (κ2) is 8.49. The van der Waals surface area contributed by atoms with E-state index in [1.807, 2.05) is 0 Å². The average molecular weight is 404 g/mol. The Bertz CT molecular complexity index is 981. The Balaban J connectivity index is 1.81. The van der Waals surface area contributed by atoms with Crippen molar-refractivity contribution in [3.63, 3.8) is 0 Å². The number of carbonyl (C=O) groups is 1. The molecule has 0 aromatic heterocycles. The quantitative estimate of drug-likeness (QED) is 0.327. The standard InChI is InChI=1S/C19H20N2O6S/c22-19(27-17-9-6-8-16(14-17)21(23)24)15-7-5-10-18(13-15)28(25,26)20-11-3-1-2-4-12-20/h5-10,13-14H,1-4,11-12H2. The number of hydrogen-bond donors (Lipinski definition) is 0. The molecule has 0 saturated carbocycles. The zero-order valence-electron chi connectivity index (χ0n) is 15.1. The predicted octanol–water partition coefficient (Wildman–Crippen LogP) is 3.38. The molecule has 1 saturated heterocycles.